The van der Waals surface area contributed by atoms with E-state index in [0.717, 1.165) is 27.8 Å². The molecular weight excluding hydrogens is 337 g/mol. The lowest BCUT2D eigenvalue weighted by atomic mass is 10.1. The third-order valence-corrected chi connectivity index (χ3v) is 4.33. The number of fused-ring (bicyclic) bond motifs is 1. The second-order valence-electron chi connectivity index (χ2n) is 5.52. The average Bonchev–Trinajstić information content (AvgIpc) is 3.03. The van der Waals surface area contributed by atoms with Gasteiger partial charge < -0.3 is 13.9 Å². The highest BCUT2D eigenvalue weighted by Crippen LogP contribution is 2.42. The van der Waals surface area contributed by atoms with Gasteiger partial charge in [-0.25, -0.2) is 4.98 Å². The van der Waals surface area contributed by atoms with Crippen LogP contribution in [0.3, 0.4) is 0 Å². The first-order valence-electron chi connectivity index (χ1n) is 8.26. The summed E-state index contributed by atoms with van der Waals surface area (Å²) in [5.41, 5.74) is 4.18. The van der Waals surface area contributed by atoms with Crippen molar-refractivity contribution >= 4 is 19.6 Å². The molecule has 0 fully saturated rings. The predicted octanol–water partition coefficient (Wildman–Crippen LogP) is 5.39. The Morgan fingerprint density at radius 1 is 1.08 bits per heavy atom. The molecule has 3 aromatic rings. The second kappa shape index (κ2) is 7.66. The predicted molar refractivity (Wildman–Crippen MR) is 97.8 cm³/mol. The Morgan fingerprint density at radius 3 is 2.52 bits per heavy atom. The van der Waals surface area contributed by atoms with Crippen LogP contribution in [0, 0.1) is 6.92 Å². The fourth-order valence-electron chi connectivity index (χ4n) is 2.76. The standard InChI is InChI=1S/C19H20NO4P/c1-4-22-17-13(11-25-21)9-10-14(18(17)23-5-2)19-20-16-12(3)7-6-8-15(16)24-19/h6-10H,4-5,11H2,1-3H3. The molecular formula is C19H20NO4P. The molecule has 6 heteroatoms. The van der Waals surface area contributed by atoms with Crippen molar-refractivity contribution in [3.8, 4) is 23.0 Å². The van der Waals surface area contributed by atoms with Crippen molar-refractivity contribution in [2.45, 2.75) is 26.9 Å². The van der Waals surface area contributed by atoms with E-state index >= 15 is 0 Å². The molecule has 0 spiro atoms. The van der Waals surface area contributed by atoms with Crippen LogP contribution in [0.25, 0.3) is 22.6 Å². The maximum Gasteiger partial charge on any atom is 0.231 e. The van der Waals surface area contributed by atoms with Crippen LogP contribution < -0.4 is 9.47 Å². The molecule has 0 radical (unpaired) electrons. The number of aryl methyl sites for hydroxylation is 1. The zero-order valence-electron chi connectivity index (χ0n) is 14.5. The molecule has 5 nitrogen and oxygen atoms in total. The fraction of sp³-hybridized carbons (Fsp3) is 0.316. The Balaban J connectivity index is 2.20. The number of hydrogen-bond donors (Lipinski definition) is 0. The van der Waals surface area contributed by atoms with Crippen molar-refractivity contribution in [3.05, 3.63) is 41.5 Å². The van der Waals surface area contributed by atoms with Crippen molar-refractivity contribution in [1.82, 2.24) is 4.98 Å². The van der Waals surface area contributed by atoms with Gasteiger partial charge >= 0.3 is 0 Å². The number of rotatable bonds is 7. The van der Waals surface area contributed by atoms with Crippen LogP contribution >= 0.6 is 8.46 Å². The molecule has 0 atom stereocenters. The first-order chi connectivity index (χ1) is 12.2. The topological polar surface area (TPSA) is 61.6 Å². The summed E-state index contributed by atoms with van der Waals surface area (Å²) in [6.45, 7) is 6.78. The van der Waals surface area contributed by atoms with Crippen LogP contribution in [0.4, 0.5) is 0 Å². The van der Waals surface area contributed by atoms with Gasteiger partial charge in [-0.05, 0) is 38.5 Å². The summed E-state index contributed by atoms with van der Waals surface area (Å²) < 4.78 is 28.7. The molecule has 0 bridgehead atoms. The van der Waals surface area contributed by atoms with E-state index in [9.17, 15) is 4.57 Å². The van der Waals surface area contributed by atoms with Crippen molar-refractivity contribution in [3.63, 3.8) is 0 Å². The Morgan fingerprint density at radius 2 is 1.84 bits per heavy atom. The summed E-state index contributed by atoms with van der Waals surface area (Å²) in [6.07, 6.45) is 0.363. The summed E-state index contributed by atoms with van der Waals surface area (Å²) in [7, 11) is 0.0339. The molecule has 0 N–H and O–H groups in total. The van der Waals surface area contributed by atoms with Crippen LogP contribution in [0.1, 0.15) is 25.0 Å². The molecule has 1 heterocycles. The van der Waals surface area contributed by atoms with Gasteiger partial charge in [0.05, 0.1) is 24.9 Å². The molecule has 0 saturated carbocycles. The Hall–Kier alpha value is -2.39. The maximum absolute atomic E-state index is 11.1. The van der Waals surface area contributed by atoms with Gasteiger partial charge in [0, 0.05) is 5.56 Å². The van der Waals surface area contributed by atoms with Gasteiger partial charge in [0.2, 0.25) is 5.89 Å². The van der Waals surface area contributed by atoms with Crippen molar-refractivity contribution in [2.75, 3.05) is 13.2 Å². The second-order valence-corrected chi connectivity index (χ2v) is 6.10. The van der Waals surface area contributed by atoms with Crippen LogP contribution in [0.15, 0.2) is 34.7 Å². The van der Waals surface area contributed by atoms with E-state index in [1.807, 2.05) is 51.1 Å². The third-order valence-electron chi connectivity index (χ3n) is 3.86. The van der Waals surface area contributed by atoms with E-state index in [2.05, 4.69) is 4.98 Å². The van der Waals surface area contributed by atoms with Crippen molar-refractivity contribution < 1.29 is 18.5 Å². The fourth-order valence-corrected chi connectivity index (χ4v) is 3.15. The summed E-state index contributed by atoms with van der Waals surface area (Å²) in [5.74, 6) is 1.67. The smallest absolute Gasteiger partial charge is 0.231 e. The lowest BCUT2D eigenvalue weighted by Gasteiger charge is -2.16. The molecule has 0 aliphatic heterocycles. The number of hydrogen-bond acceptors (Lipinski definition) is 5. The van der Waals surface area contributed by atoms with Crippen LogP contribution in [0.2, 0.25) is 0 Å². The Bertz CT molecular complexity index is 904. The first-order valence-corrected chi connectivity index (χ1v) is 9.26. The van der Waals surface area contributed by atoms with Crippen LogP contribution in [-0.2, 0) is 10.7 Å². The summed E-state index contributed by atoms with van der Waals surface area (Å²) in [4.78, 5) is 4.64. The lowest BCUT2D eigenvalue weighted by molar-refractivity contribution is 0.286. The molecule has 2 aromatic carbocycles. The molecule has 0 amide bonds. The number of aromatic nitrogens is 1. The van der Waals surface area contributed by atoms with E-state index in [4.69, 9.17) is 13.9 Å². The number of benzene rings is 2. The number of oxazole rings is 1. The Kier molecular flexibility index (Phi) is 5.34. The monoisotopic (exact) mass is 357 g/mol. The lowest BCUT2D eigenvalue weighted by Crippen LogP contribution is -2.03. The highest BCUT2D eigenvalue weighted by Gasteiger charge is 2.21. The molecule has 0 saturated heterocycles. The SMILES string of the molecule is CCOc1c(CP=O)ccc(-c2nc3c(C)cccc3o2)c1OCC. The quantitative estimate of drug-likeness (QED) is 0.530. The van der Waals surface area contributed by atoms with Gasteiger partial charge in [0.1, 0.15) is 5.52 Å². The minimum atomic E-state index is 0.0339. The summed E-state index contributed by atoms with van der Waals surface area (Å²) in [5, 5.41) is 0. The van der Waals surface area contributed by atoms with Gasteiger partial charge in [0.25, 0.3) is 0 Å². The van der Waals surface area contributed by atoms with E-state index in [0.29, 0.717) is 36.8 Å². The Labute approximate surface area is 148 Å². The van der Waals surface area contributed by atoms with Crippen LogP contribution in [-0.4, -0.2) is 18.2 Å². The van der Waals surface area contributed by atoms with Gasteiger partial charge in [-0.15, -0.1) is 0 Å². The zero-order chi connectivity index (χ0) is 17.8. The average molecular weight is 357 g/mol. The van der Waals surface area contributed by atoms with Gasteiger partial charge in [-0.1, -0.05) is 18.2 Å². The molecule has 25 heavy (non-hydrogen) atoms. The highest BCUT2D eigenvalue weighted by atomic mass is 31.1. The molecule has 1 aromatic heterocycles. The molecule has 130 valence electrons. The summed E-state index contributed by atoms with van der Waals surface area (Å²) in [6, 6.07) is 9.61. The zero-order valence-corrected chi connectivity index (χ0v) is 15.4. The third kappa shape index (κ3) is 3.38. The normalized spacial score (nSPS) is 11.2. The van der Waals surface area contributed by atoms with E-state index in [1.165, 1.54) is 0 Å². The van der Waals surface area contributed by atoms with Gasteiger partial charge in [0.15, 0.2) is 25.5 Å². The largest absolute Gasteiger partial charge is 0.490 e. The molecule has 0 unspecified atom stereocenters. The summed E-state index contributed by atoms with van der Waals surface area (Å²) >= 11 is 0. The molecule has 0 aliphatic carbocycles. The first kappa shape index (κ1) is 17.4. The maximum atomic E-state index is 11.1. The van der Waals surface area contributed by atoms with E-state index in [1.54, 1.807) is 0 Å². The van der Waals surface area contributed by atoms with Crippen molar-refractivity contribution in [1.29, 1.82) is 0 Å². The van der Waals surface area contributed by atoms with Gasteiger partial charge in [-0.3, -0.25) is 4.57 Å². The number of nitrogens with zero attached hydrogens (tertiary/aromatic N) is 1. The van der Waals surface area contributed by atoms with E-state index < -0.39 is 0 Å². The molecule has 3 rings (SSSR count). The van der Waals surface area contributed by atoms with Crippen LogP contribution in [0.5, 0.6) is 11.5 Å². The highest BCUT2D eigenvalue weighted by molar-refractivity contribution is 7.22. The minimum absolute atomic E-state index is 0.0339. The van der Waals surface area contributed by atoms with E-state index in [-0.39, 0.29) is 8.46 Å². The van der Waals surface area contributed by atoms with Crippen molar-refractivity contribution in [2.24, 2.45) is 0 Å². The number of ether oxygens (including phenoxy) is 2. The van der Waals surface area contributed by atoms with Gasteiger partial charge in [-0.2, -0.15) is 0 Å². The number of para-hydroxylation sites is 1. The molecule has 0 aliphatic rings. The minimum Gasteiger partial charge on any atom is -0.490 e.